The summed E-state index contributed by atoms with van der Waals surface area (Å²) in [6.45, 7) is 0. The predicted molar refractivity (Wildman–Crippen MR) is 54.2 cm³/mol. The monoisotopic (exact) mass is 220 g/mol. The van der Waals surface area contributed by atoms with Crippen molar-refractivity contribution in [2.45, 2.75) is 31.7 Å². The summed E-state index contributed by atoms with van der Waals surface area (Å²) in [7, 11) is 0. The Kier molecular flexibility index (Phi) is 1.75. The van der Waals surface area contributed by atoms with E-state index in [1.807, 2.05) is 12.2 Å². The van der Waals surface area contributed by atoms with Gasteiger partial charge in [-0.15, -0.1) is 0 Å². The molecule has 3 aliphatic rings. The fourth-order valence-corrected chi connectivity index (χ4v) is 2.41. The highest BCUT2D eigenvalue weighted by Crippen LogP contribution is 2.49. The third kappa shape index (κ3) is 1.08. The minimum Gasteiger partial charge on any atom is -0.277 e. The Bertz CT molecular complexity index is 415. The van der Waals surface area contributed by atoms with Gasteiger partial charge >= 0.3 is 6.03 Å². The third-order valence-electron chi connectivity index (χ3n) is 3.60. The fourth-order valence-electron chi connectivity index (χ4n) is 2.41. The van der Waals surface area contributed by atoms with Crippen LogP contribution in [0.15, 0.2) is 12.2 Å². The van der Waals surface area contributed by atoms with Gasteiger partial charge in [0.25, 0.3) is 0 Å². The lowest BCUT2D eigenvalue weighted by Gasteiger charge is -2.34. The Morgan fingerprint density at radius 1 is 1.19 bits per heavy atom. The number of nitrogens with one attached hydrogen (secondary N) is 1. The normalized spacial score (nSPS) is 27.8. The molecule has 0 aromatic rings. The van der Waals surface area contributed by atoms with Crippen LogP contribution >= 0.6 is 0 Å². The second kappa shape index (κ2) is 2.93. The van der Waals surface area contributed by atoms with Gasteiger partial charge in [0.05, 0.1) is 0 Å². The number of imide groups is 2. The van der Waals surface area contributed by atoms with Crippen LogP contribution in [-0.2, 0) is 9.59 Å². The van der Waals surface area contributed by atoms with Crippen molar-refractivity contribution in [3.05, 3.63) is 12.2 Å². The smallest absolute Gasteiger partial charge is 0.277 e. The molecule has 2 aliphatic carbocycles. The number of carbonyl (C=O) groups is 3. The molecular weight excluding hydrogens is 208 g/mol. The van der Waals surface area contributed by atoms with Crippen molar-refractivity contribution < 1.29 is 14.4 Å². The van der Waals surface area contributed by atoms with Gasteiger partial charge in [-0.05, 0) is 25.7 Å². The van der Waals surface area contributed by atoms with E-state index in [4.69, 9.17) is 0 Å². The predicted octanol–water partition coefficient (Wildman–Crippen LogP) is 0.564. The Balaban J connectivity index is 1.90. The van der Waals surface area contributed by atoms with Crippen molar-refractivity contribution in [3.63, 3.8) is 0 Å². The van der Waals surface area contributed by atoms with Crippen LogP contribution in [0.3, 0.4) is 0 Å². The van der Waals surface area contributed by atoms with E-state index in [0.717, 1.165) is 0 Å². The molecule has 0 aromatic carbocycles. The van der Waals surface area contributed by atoms with Gasteiger partial charge in [-0.2, -0.15) is 0 Å². The number of carbonyl (C=O) groups excluding carboxylic acids is 3. The van der Waals surface area contributed by atoms with E-state index in [1.54, 1.807) is 0 Å². The highest BCUT2D eigenvalue weighted by molar-refractivity contribution is 6.21. The quantitative estimate of drug-likeness (QED) is 0.518. The van der Waals surface area contributed by atoms with Gasteiger partial charge in [0, 0.05) is 6.04 Å². The zero-order valence-corrected chi connectivity index (χ0v) is 8.73. The number of barbiturate groups is 1. The molecule has 4 amide bonds. The maximum Gasteiger partial charge on any atom is 0.331 e. The van der Waals surface area contributed by atoms with Gasteiger partial charge < -0.3 is 0 Å². The van der Waals surface area contributed by atoms with Crippen LogP contribution in [0.2, 0.25) is 0 Å². The summed E-state index contributed by atoms with van der Waals surface area (Å²) < 4.78 is 0. The standard InChI is InChI=1S/C11H12N2O3/c14-8-11(5-6-11)9(15)13(10(16)12-8)7-3-1-2-4-7/h1-2,7H,3-6H2,(H,12,14,16). The number of urea groups is 1. The van der Waals surface area contributed by atoms with Crippen LogP contribution < -0.4 is 5.32 Å². The average molecular weight is 220 g/mol. The minimum absolute atomic E-state index is 0.0990. The van der Waals surface area contributed by atoms with Gasteiger partial charge in [-0.25, -0.2) is 4.79 Å². The molecule has 0 bridgehead atoms. The zero-order valence-electron chi connectivity index (χ0n) is 8.73. The maximum atomic E-state index is 12.1. The minimum atomic E-state index is -0.906. The van der Waals surface area contributed by atoms with Crippen molar-refractivity contribution in [2.24, 2.45) is 5.41 Å². The molecule has 0 radical (unpaired) electrons. The van der Waals surface area contributed by atoms with Gasteiger partial charge in [0.1, 0.15) is 5.41 Å². The molecule has 0 atom stereocenters. The Morgan fingerprint density at radius 2 is 1.81 bits per heavy atom. The number of hydrogen-bond donors (Lipinski definition) is 1. The molecule has 3 rings (SSSR count). The fraction of sp³-hybridized carbons (Fsp3) is 0.545. The van der Waals surface area contributed by atoms with Crippen molar-refractivity contribution in [3.8, 4) is 0 Å². The third-order valence-corrected chi connectivity index (χ3v) is 3.60. The molecule has 0 unspecified atom stereocenters. The molecule has 1 heterocycles. The maximum absolute atomic E-state index is 12.1. The summed E-state index contributed by atoms with van der Waals surface area (Å²) in [5, 5.41) is 2.29. The molecule has 0 aromatic heterocycles. The largest absolute Gasteiger partial charge is 0.331 e. The van der Waals surface area contributed by atoms with E-state index in [2.05, 4.69) is 5.32 Å². The van der Waals surface area contributed by atoms with Gasteiger partial charge in [0.15, 0.2) is 0 Å². The van der Waals surface area contributed by atoms with E-state index < -0.39 is 17.4 Å². The zero-order chi connectivity index (χ0) is 11.3. The highest BCUT2D eigenvalue weighted by atomic mass is 16.2. The molecule has 1 saturated carbocycles. The Hall–Kier alpha value is -1.65. The molecule has 1 saturated heterocycles. The van der Waals surface area contributed by atoms with E-state index in [-0.39, 0.29) is 11.9 Å². The van der Waals surface area contributed by atoms with Crippen molar-refractivity contribution >= 4 is 17.8 Å². The van der Waals surface area contributed by atoms with Crippen LogP contribution in [-0.4, -0.2) is 28.8 Å². The average Bonchev–Trinajstić information content (AvgIpc) is 2.88. The van der Waals surface area contributed by atoms with Crippen molar-refractivity contribution in [2.75, 3.05) is 0 Å². The van der Waals surface area contributed by atoms with Crippen molar-refractivity contribution in [1.82, 2.24) is 10.2 Å². The molecule has 1 N–H and O–H groups in total. The first kappa shape index (κ1) is 9.57. The van der Waals surface area contributed by atoms with E-state index in [0.29, 0.717) is 25.7 Å². The molecule has 2 fully saturated rings. The summed E-state index contributed by atoms with van der Waals surface area (Å²) >= 11 is 0. The molecule has 5 nitrogen and oxygen atoms in total. The number of amides is 4. The molecule has 84 valence electrons. The van der Waals surface area contributed by atoms with E-state index in [9.17, 15) is 14.4 Å². The summed E-state index contributed by atoms with van der Waals surface area (Å²) in [4.78, 5) is 36.6. The second-order valence-electron chi connectivity index (χ2n) is 4.61. The summed E-state index contributed by atoms with van der Waals surface area (Å²) in [5.41, 5.74) is -0.906. The molecule has 1 spiro atoms. The first-order valence-corrected chi connectivity index (χ1v) is 5.49. The van der Waals surface area contributed by atoms with Crippen LogP contribution in [0.1, 0.15) is 25.7 Å². The van der Waals surface area contributed by atoms with E-state index >= 15 is 0 Å². The van der Waals surface area contributed by atoms with Crippen LogP contribution in [0.25, 0.3) is 0 Å². The van der Waals surface area contributed by atoms with Gasteiger partial charge in [0.2, 0.25) is 11.8 Å². The van der Waals surface area contributed by atoms with Gasteiger partial charge in [-0.1, -0.05) is 12.2 Å². The Morgan fingerprint density at radius 3 is 2.38 bits per heavy atom. The van der Waals surface area contributed by atoms with Crippen LogP contribution in [0.4, 0.5) is 4.79 Å². The summed E-state index contributed by atoms with van der Waals surface area (Å²) in [6, 6.07) is -0.653. The second-order valence-corrected chi connectivity index (χ2v) is 4.61. The lowest BCUT2D eigenvalue weighted by Crippen LogP contribution is -2.61. The highest BCUT2D eigenvalue weighted by Gasteiger charge is 2.62. The summed E-state index contributed by atoms with van der Waals surface area (Å²) in [6.07, 6.45) is 6.46. The first-order valence-electron chi connectivity index (χ1n) is 5.49. The Labute approximate surface area is 92.5 Å². The SMILES string of the molecule is O=C1NC(=O)C2(CC2)C(=O)N1C1CC=CC1. The summed E-state index contributed by atoms with van der Waals surface area (Å²) in [5.74, 6) is -0.709. The van der Waals surface area contributed by atoms with E-state index in [1.165, 1.54) is 4.90 Å². The molecule has 1 aliphatic heterocycles. The molecule has 5 heteroatoms. The van der Waals surface area contributed by atoms with Crippen LogP contribution in [0, 0.1) is 5.41 Å². The number of nitrogens with zero attached hydrogens (tertiary/aromatic N) is 1. The lowest BCUT2D eigenvalue weighted by molar-refractivity contribution is -0.146. The van der Waals surface area contributed by atoms with Gasteiger partial charge in [-0.3, -0.25) is 19.8 Å². The topological polar surface area (TPSA) is 66.5 Å². The number of rotatable bonds is 1. The number of hydrogen-bond acceptors (Lipinski definition) is 3. The molecule has 16 heavy (non-hydrogen) atoms. The molecular formula is C11H12N2O3. The van der Waals surface area contributed by atoms with Crippen molar-refractivity contribution in [1.29, 1.82) is 0 Å². The first-order chi connectivity index (χ1) is 7.65. The lowest BCUT2D eigenvalue weighted by atomic mass is 10.00. The van der Waals surface area contributed by atoms with Crippen LogP contribution in [0.5, 0.6) is 0 Å².